The molecule has 0 aliphatic carbocycles. The average molecular weight is 262 g/mol. The van der Waals surface area contributed by atoms with Crippen LogP contribution in [0.15, 0.2) is 35.4 Å². The molecule has 0 bridgehead atoms. The number of carbonyl (C=O) groups excluding carboxylic acids is 1. The van der Waals surface area contributed by atoms with Crippen LogP contribution >= 0.6 is 0 Å². The summed E-state index contributed by atoms with van der Waals surface area (Å²) in [5, 5.41) is 6.49. The average Bonchev–Trinajstić information content (AvgIpc) is 2.71. The Kier molecular flexibility index (Phi) is 3.65. The van der Waals surface area contributed by atoms with Crippen molar-refractivity contribution in [3.63, 3.8) is 0 Å². The molecular formula is C12H14N4O3. The van der Waals surface area contributed by atoms with Gasteiger partial charge in [-0.1, -0.05) is 6.07 Å². The molecule has 0 spiro atoms. The van der Waals surface area contributed by atoms with E-state index in [-0.39, 0.29) is 18.1 Å². The third-order valence-corrected chi connectivity index (χ3v) is 2.53. The molecule has 1 N–H and O–H groups in total. The van der Waals surface area contributed by atoms with Crippen LogP contribution < -0.4 is 15.7 Å². The summed E-state index contributed by atoms with van der Waals surface area (Å²) in [5.41, 5.74) is 0.272. The Bertz CT molecular complexity index is 644. The monoisotopic (exact) mass is 262 g/mol. The molecular weight excluding hydrogens is 248 g/mol. The molecule has 0 fully saturated rings. The normalized spacial score (nSPS) is 10.2. The summed E-state index contributed by atoms with van der Waals surface area (Å²) in [6, 6.07) is 6.97. The first-order chi connectivity index (χ1) is 9.10. The van der Waals surface area contributed by atoms with Crippen molar-refractivity contribution >= 4 is 11.6 Å². The second kappa shape index (κ2) is 5.38. The zero-order valence-electron chi connectivity index (χ0n) is 10.7. The number of nitrogens with one attached hydrogen (secondary N) is 1. The molecule has 7 heteroatoms. The maximum Gasteiger partial charge on any atom is 0.345 e. The SMILES string of the molecule is COc1cccc(NC(=O)Cn2ncn(C)c2=O)c1. The standard InChI is InChI=1S/C12H14N4O3/c1-15-8-13-16(12(15)18)7-11(17)14-9-4-3-5-10(6-9)19-2/h3-6,8H,7H2,1-2H3,(H,14,17). The zero-order chi connectivity index (χ0) is 13.8. The summed E-state index contributed by atoms with van der Waals surface area (Å²) in [5.74, 6) is 0.321. The highest BCUT2D eigenvalue weighted by molar-refractivity contribution is 5.90. The number of nitrogens with zero attached hydrogens (tertiary/aromatic N) is 3. The lowest BCUT2D eigenvalue weighted by molar-refractivity contribution is -0.117. The Morgan fingerprint density at radius 1 is 1.47 bits per heavy atom. The number of aryl methyl sites for hydroxylation is 1. The molecule has 0 radical (unpaired) electrons. The predicted molar refractivity (Wildman–Crippen MR) is 69.1 cm³/mol. The van der Waals surface area contributed by atoms with Gasteiger partial charge in [0.05, 0.1) is 7.11 Å². The van der Waals surface area contributed by atoms with Crippen LogP contribution in [0.4, 0.5) is 5.69 Å². The van der Waals surface area contributed by atoms with E-state index < -0.39 is 0 Å². The molecule has 0 aliphatic rings. The van der Waals surface area contributed by atoms with Crippen molar-refractivity contribution in [3.8, 4) is 5.75 Å². The second-order valence-corrected chi connectivity index (χ2v) is 3.96. The summed E-state index contributed by atoms with van der Waals surface area (Å²) in [6.45, 7) is -0.128. The fraction of sp³-hybridized carbons (Fsp3) is 0.250. The first-order valence-corrected chi connectivity index (χ1v) is 5.62. The highest BCUT2D eigenvalue weighted by Crippen LogP contribution is 2.16. The predicted octanol–water partition coefficient (Wildman–Crippen LogP) is 0.229. The van der Waals surface area contributed by atoms with E-state index in [1.807, 2.05) is 0 Å². The van der Waals surface area contributed by atoms with Crippen molar-refractivity contribution in [3.05, 3.63) is 41.1 Å². The third kappa shape index (κ3) is 3.01. The minimum atomic E-state index is -0.333. The van der Waals surface area contributed by atoms with Crippen molar-refractivity contribution in [1.29, 1.82) is 0 Å². The van der Waals surface area contributed by atoms with Crippen molar-refractivity contribution in [2.45, 2.75) is 6.54 Å². The van der Waals surface area contributed by atoms with Crippen LogP contribution in [0.5, 0.6) is 5.75 Å². The van der Waals surface area contributed by atoms with Gasteiger partial charge in [0.2, 0.25) is 5.91 Å². The minimum absolute atomic E-state index is 0.128. The van der Waals surface area contributed by atoms with E-state index in [1.165, 1.54) is 10.9 Å². The Balaban J connectivity index is 2.05. The van der Waals surface area contributed by atoms with E-state index in [4.69, 9.17) is 4.74 Å². The quantitative estimate of drug-likeness (QED) is 0.855. The van der Waals surface area contributed by atoms with Gasteiger partial charge in [0.25, 0.3) is 0 Å². The maximum absolute atomic E-state index is 11.8. The number of hydrogen-bond donors (Lipinski definition) is 1. The Hall–Kier alpha value is -2.57. The molecule has 19 heavy (non-hydrogen) atoms. The Morgan fingerprint density at radius 3 is 2.89 bits per heavy atom. The number of methoxy groups -OCH3 is 1. The minimum Gasteiger partial charge on any atom is -0.497 e. The van der Waals surface area contributed by atoms with Crippen molar-refractivity contribution in [1.82, 2.24) is 14.3 Å². The van der Waals surface area contributed by atoms with Gasteiger partial charge in [-0.3, -0.25) is 9.36 Å². The summed E-state index contributed by atoms with van der Waals surface area (Å²) >= 11 is 0. The van der Waals surface area contributed by atoms with Crippen LogP contribution in [0.2, 0.25) is 0 Å². The van der Waals surface area contributed by atoms with E-state index in [9.17, 15) is 9.59 Å². The Morgan fingerprint density at radius 2 is 2.26 bits per heavy atom. The van der Waals surface area contributed by atoms with Gasteiger partial charge in [-0.25, -0.2) is 9.48 Å². The highest BCUT2D eigenvalue weighted by atomic mass is 16.5. The Labute approximate surface area is 109 Å². The first kappa shape index (κ1) is 12.9. The van der Waals surface area contributed by atoms with Crippen LogP contribution in [0.1, 0.15) is 0 Å². The van der Waals surface area contributed by atoms with Gasteiger partial charge in [-0.15, -0.1) is 0 Å². The van der Waals surface area contributed by atoms with E-state index in [1.54, 1.807) is 38.4 Å². The van der Waals surface area contributed by atoms with Crippen LogP contribution in [-0.4, -0.2) is 27.4 Å². The fourth-order valence-corrected chi connectivity index (χ4v) is 1.57. The van der Waals surface area contributed by atoms with Crippen LogP contribution in [-0.2, 0) is 18.4 Å². The molecule has 0 unspecified atom stereocenters. The molecule has 7 nitrogen and oxygen atoms in total. The smallest absolute Gasteiger partial charge is 0.345 e. The van der Waals surface area contributed by atoms with Crippen molar-refractivity contribution in [2.24, 2.45) is 7.05 Å². The molecule has 0 saturated carbocycles. The van der Waals surface area contributed by atoms with Gasteiger partial charge in [0.1, 0.15) is 18.6 Å². The van der Waals surface area contributed by atoms with Gasteiger partial charge in [-0.2, -0.15) is 5.10 Å². The lowest BCUT2D eigenvalue weighted by Crippen LogP contribution is -2.29. The van der Waals surface area contributed by atoms with E-state index in [0.29, 0.717) is 11.4 Å². The lowest BCUT2D eigenvalue weighted by atomic mass is 10.3. The van der Waals surface area contributed by atoms with Gasteiger partial charge in [-0.05, 0) is 12.1 Å². The molecule has 100 valence electrons. The van der Waals surface area contributed by atoms with Gasteiger partial charge in [0, 0.05) is 18.8 Å². The van der Waals surface area contributed by atoms with Crippen LogP contribution in [0.3, 0.4) is 0 Å². The van der Waals surface area contributed by atoms with Gasteiger partial charge in [0.15, 0.2) is 0 Å². The van der Waals surface area contributed by atoms with E-state index >= 15 is 0 Å². The summed E-state index contributed by atoms with van der Waals surface area (Å²) in [7, 11) is 3.13. The van der Waals surface area contributed by atoms with Crippen LogP contribution in [0.25, 0.3) is 0 Å². The number of aromatic nitrogens is 3. The summed E-state index contributed by atoms with van der Waals surface area (Å²) in [6.07, 6.45) is 1.36. The van der Waals surface area contributed by atoms with Crippen LogP contribution in [0, 0.1) is 0 Å². The molecule has 0 saturated heterocycles. The molecule has 0 atom stereocenters. The molecule has 2 rings (SSSR count). The highest BCUT2D eigenvalue weighted by Gasteiger charge is 2.08. The largest absolute Gasteiger partial charge is 0.497 e. The molecule has 1 heterocycles. The number of hydrogen-bond acceptors (Lipinski definition) is 4. The maximum atomic E-state index is 11.8. The second-order valence-electron chi connectivity index (χ2n) is 3.96. The number of ether oxygens (including phenoxy) is 1. The fourth-order valence-electron chi connectivity index (χ4n) is 1.57. The summed E-state index contributed by atoms with van der Waals surface area (Å²) in [4.78, 5) is 23.3. The topological polar surface area (TPSA) is 78.2 Å². The molecule has 1 amide bonds. The number of benzene rings is 1. The van der Waals surface area contributed by atoms with Crippen molar-refractivity contribution < 1.29 is 9.53 Å². The number of rotatable bonds is 4. The number of carbonyl (C=O) groups is 1. The van der Waals surface area contributed by atoms with E-state index in [2.05, 4.69) is 10.4 Å². The zero-order valence-corrected chi connectivity index (χ0v) is 10.7. The molecule has 1 aromatic carbocycles. The van der Waals surface area contributed by atoms with Gasteiger partial charge < -0.3 is 10.1 Å². The third-order valence-electron chi connectivity index (χ3n) is 2.53. The van der Waals surface area contributed by atoms with E-state index in [0.717, 1.165) is 4.68 Å². The summed E-state index contributed by atoms with van der Waals surface area (Å²) < 4.78 is 7.45. The molecule has 1 aromatic heterocycles. The lowest BCUT2D eigenvalue weighted by Gasteiger charge is -2.06. The van der Waals surface area contributed by atoms with Gasteiger partial charge >= 0.3 is 5.69 Å². The number of anilines is 1. The van der Waals surface area contributed by atoms with Crippen molar-refractivity contribution in [2.75, 3.05) is 12.4 Å². The molecule has 0 aliphatic heterocycles. The number of amides is 1. The first-order valence-electron chi connectivity index (χ1n) is 5.62. The molecule has 2 aromatic rings.